The second-order valence-electron chi connectivity index (χ2n) is 10.8. The number of piperidine rings is 1. The van der Waals surface area contributed by atoms with Gasteiger partial charge in [0.15, 0.2) is 5.65 Å². The largest absolute Gasteiger partial charge is 0.458 e. The first kappa shape index (κ1) is 26.2. The van der Waals surface area contributed by atoms with Crippen LogP contribution in [0.5, 0.6) is 0 Å². The second-order valence-corrected chi connectivity index (χ2v) is 10.8. The molecule has 0 aliphatic carbocycles. The van der Waals surface area contributed by atoms with Gasteiger partial charge in [0.25, 0.3) is 0 Å². The number of esters is 1. The molecule has 1 aliphatic heterocycles. The Kier molecular flexibility index (Phi) is 6.98. The predicted molar refractivity (Wildman–Crippen MR) is 145 cm³/mol. The van der Waals surface area contributed by atoms with Crippen molar-refractivity contribution in [3.05, 3.63) is 66.2 Å². The fourth-order valence-corrected chi connectivity index (χ4v) is 4.93. The normalized spacial score (nSPS) is 17.8. The van der Waals surface area contributed by atoms with E-state index >= 15 is 0 Å². The monoisotopic (exact) mass is 531 g/mol. The molecule has 1 amide bonds. The van der Waals surface area contributed by atoms with Gasteiger partial charge in [-0.1, -0.05) is 30.3 Å². The molecule has 0 spiro atoms. The van der Waals surface area contributed by atoms with Crippen molar-refractivity contribution in [3.8, 4) is 11.1 Å². The molecule has 39 heavy (non-hydrogen) atoms. The van der Waals surface area contributed by atoms with Gasteiger partial charge in [-0.15, -0.1) is 0 Å². The van der Waals surface area contributed by atoms with Crippen LogP contribution in [0.3, 0.4) is 0 Å². The number of amides is 1. The van der Waals surface area contributed by atoms with Crippen LogP contribution in [-0.2, 0) is 27.9 Å². The van der Waals surface area contributed by atoms with Gasteiger partial charge >= 0.3 is 12.1 Å². The maximum Gasteiger partial charge on any atom is 0.410 e. The highest BCUT2D eigenvalue weighted by Crippen LogP contribution is 2.36. The van der Waals surface area contributed by atoms with Gasteiger partial charge in [-0.05, 0) is 39.2 Å². The number of likely N-dealkylation sites (tertiary alicyclic amines) is 1. The van der Waals surface area contributed by atoms with Crippen molar-refractivity contribution in [2.45, 2.75) is 57.8 Å². The van der Waals surface area contributed by atoms with Crippen LogP contribution in [0.1, 0.15) is 50.8 Å². The number of ether oxygens (including phenoxy) is 2. The Morgan fingerprint density at radius 2 is 1.90 bits per heavy atom. The lowest BCUT2D eigenvalue weighted by molar-refractivity contribution is -0.163. The number of carbonyl (C=O) groups excluding carboxylic acids is 2. The van der Waals surface area contributed by atoms with Gasteiger partial charge in [0.2, 0.25) is 0 Å². The SMILES string of the molecule is Cn1cc(-c2cnn3c(N)cc(C4CCCN(C(=O)OCc5ccccc5)C4C(=O)OC(C)(C)C)nc23)cn1. The molecule has 3 aromatic heterocycles. The van der Waals surface area contributed by atoms with Gasteiger partial charge in [-0.25, -0.2) is 14.6 Å². The summed E-state index contributed by atoms with van der Waals surface area (Å²) in [5, 5.41) is 8.66. The number of anilines is 1. The number of aromatic nitrogens is 5. The van der Waals surface area contributed by atoms with Crippen LogP contribution < -0.4 is 5.73 Å². The van der Waals surface area contributed by atoms with Crippen LogP contribution in [0.4, 0.5) is 10.6 Å². The standard InChI is InChI=1S/C28H33N7O4/c1-28(2,3)39-26(36)24-20(11-8-12-34(24)27(37)38-17-18-9-6-5-7-10-18)22-13-23(29)35-25(32-22)21(15-31-35)19-14-30-33(4)16-19/h5-7,9-10,13-16,20,24H,8,11-12,17,29H2,1-4H3. The fraction of sp³-hybridized carbons (Fsp3) is 0.393. The van der Waals surface area contributed by atoms with E-state index in [9.17, 15) is 9.59 Å². The average molecular weight is 532 g/mol. The van der Waals surface area contributed by atoms with E-state index in [-0.39, 0.29) is 6.61 Å². The van der Waals surface area contributed by atoms with Gasteiger partial charge < -0.3 is 15.2 Å². The van der Waals surface area contributed by atoms with Crippen LogP contribution in [0, 0.1) is 0 Å². The molecule has 1 saturated heterocycles. The minimum Gasteiger partial charge on any atom is -0.458 e. The molecule has 1 fully saturated rings. The minimum absolute atomic E-state index is 0.101. The molecule has 1 aromatic carbocycles. The van der Waals surface area contributed by atoms with E-state index in [0.717, 1.165) is 16.7 Å². The number of rotatable bonds is 5. The van der Waals surface area contributed by atoms with Crippen molar-refractivity contribution in [3.63, 3.8) is 0 Å². The van der Waals surface area contributed by atoms with Gasteiger partial charge in [0.05, 0.1) is 18.1 Å². The Morgan fingerprint density at radius 1 is 1.13 bits per heavy atom. The zero-order valence-electron chi connectivity index (χ0n) is 22.6. The maximum atomic E-state index is 13.6. The first-order chi connectivity index (χ1) is 18.6. The molecule has 2 N–H and O–H groups in total. The smallest absolute Gasteiger partial charge is 0.410 e. The van der Waals surface area contributed by atoms with Crippen molar-refractivity contribution in [1.82, 2.24) is 29.3 Å². The van der Waals surface area contributed by atoms with E-state index in [4.69, 9.17) is 20.2 Å². The highest BCUT2D eigenvalue weighted by Gasteiger charge is 2.44. The molecule has 4 aromatic rings. The number of benzene rings is 1. The van der Waals surface area contributed by atoms with Gasteiger partial charge in [0, 0.05) is 42.9 Å². The van der Waals surface area contributed by atoms with Crippen molar-refractivity contribution in [2.75, 3.05) is 12.3 Å². The molecular formula is C28H33N7O4. The van der Waals surface area contributed by atoms with Crippen LogP contribution in [0.15, 0.2) is 55.0 Å². The molecule has 11 nitrogen and oxygen atoms in total. The number of carbonyl (C=O) groups is 2. The summed E-state index contributed by atoms with van der Waals surface area (Å²) in [5.74, 6) is -0.594. The van der Waals surface area contributed by atoms with E-state index < -0.39 is 29.6 Å². The van der Waals surface area contributed by atoms with E-state index in [1.54, 1.807) is 48.4 Å². The van der Waals surface area contributed by atoms with Crippen molar-refractivity contribution < 1.29 is 19.1 Å². The lowest BCUT2D eigenvalue weighted by Gasteiger charge is -2.39. The van der Waals surface area contributed by atoms with Crippen molar-refractivity contribution in [1.29, 1.82) is 0 Å². The molecule has 0 bridgehead atoms. The summed E-state index contributed by atoms with van der Waals surface area (Å²) in [6.07, 6.45) is 6.00. The zero-order valence-corrected chi connectivity index (χ0v) is 22.6. The summed E-state index contributed by atoms with van der Waals surface area (Å²) in [6.45, 7) is 5.86. The predicted octanol–water partition coefficient (Wildman–Crippen LogP) is 3.94. The van der Waals surface area contributed by atoms with Crippen LogP contribution in [-0.4, -0.2) is 59.5 Å². The lowest BCUT2D eigenvalue weighted by atomic mass is 9.86. The highest BCUT2D eigenvalue weighted by atomic mass is 16.6. The minimum atomic E-state index is -0.930. The summed E-state index contributed by atoms with van der Waals surface area (Å²) >= 11 is 0. The molecule has 2 unspecified atom stereocenters. The summed E-state index contributed by atoms with van der Waals surface area (Å²) in [4.78, 5) is 33.3. The summed E-state index contributed by atoms with van der Waals surface area (Å²) in [7, 11) is 1.83. The number of hydrogen-bond donors (Lipinski definition) is 1. The van der Waals surface area contributed by atoms with Crippen LogP contribution in [0.25, 0.3) is 16.8 Å². The van der Waals surface area contributed by atoms with Gasteiger partial charge in [0.1, 0.15) is 24.1 Å². The number of fused-ring (bicyclic) bond motifs is 1. The quantitative estimate of drug-likeness (QED) is 0.383. The molecule has 0 radical (unpaired) electrons. The first-order valence-electron chi connectivity index (χ1n) is 12.9. The zero-order chi connectivity index (χ0) is 27.7. The highest BCUT2D eigenvalue weighted by molar-refractivity contribution is 5.83. The Labute approximate surface area is 226 Å². The molecular weight excluding hydrogens is 498 g/mol. The number of aryl methyl sites for hydroxylation is 1. The van der Waals surface area contributed by atoms with E-state index in [0.29, 0.717) is 36.5 Å². The number of nitrogens with zero attached hydrogens (tertiary/aromatic N) is 6. The third-order valence-electron chi connectivity index (χ3n) is 6.63. The molecule has 11 heteroatoms. The molecule has 4 heterocycles. The topological polar surface area (TPSA) is 130 Å². The number of hydrogen-bond acceptors (Lipinski definition) is 8. The Morgan fingerprint density at radius 3 is 2.59 bits per heavy atom. The molecule has 0 saturated carbocycles. The maximum absolute atomic E-state index is 13.6. The molecule has 204 valence electrons. The van der Waals surface area contributed by atoms with E-state index in [2.05, 4.69) is 10.2 Å². The Bertz CT molecular complexity index is 1490. The third kappa shape index (κ3) is 5.57. The number of nitrogens with two attached hydrogens (primary N) is 1. The fourth-order valence-electron chi connectivity index (χ4n) is 4.93. The van der Waals surface area contributed by atoms with E-state index in [1.165, 1.54) is 4.90 Å². The van der Waals surface area contributed by atoms with Gasteiger partial charge in [-0.2, -0.15) is 14.7 Å². The third-order valence-corrected chi connectivity index (χ3v) is 6.63. The molecule has 1 aliphatic rings. The second kappa shape index (κ2) is 10.4. The average Bonchev–Trinajstić information content (AvgIpc) is 3.52. The lowest BCUT2D eigenvalue weighted by Crippen LogP contribution is -2.53. The van der Waals surface area contributed by atoms with E-state index in [1.807, 2.05) is 43.6 Å². The first-order valence-corrected chi connectivity index (χ1v) is 12.9. The molecule has 2 atom stereocenters. The van der Waals surface area contributed by atoms with Gasteiger partial charge in [-0.3, -0.25) is 9.58 Å². The van der Waals surface area contributed by atoms with Crippen LogP contribution >= 0.6 is 0 Å². The number of nitrogen functional groups attached to an aromatic ring is 1. The van der Waals surface area contributed by atoms with Crippen molar-refractivity contribution in [2.24, 2.45) is 7.05 Å². The Hall–Kier alpha value is -4.41. The summed E-state index contributed by atoms with van der Waals surface area (Å²) in [5.41, 5.74) is 9.26. The Balaban J connectivity index is 1.51. The summed E-state index contributed by atoms with van der Waals surface area (Å²) < 4.78 is 14.7. The molecule has 5 rings (SSSR count). The van der Waals surface area contributed by atoms with Crippen molar-refractivity contribution >= 4 is 23.5 Å². The van der Waals surface area contributed by atoms with Crippen LogP contribution in [0.2, 0.25) is 0 Å². The summed E-state index contributed by atoms with van der Waals surface area (Å²) in [6, 6.07) is 10.2.